The molecule has 0 heterocycles. The lowest BCUT2D eigenvalue weighted by Gasteiger charge is -2.04. The lowest BCUT2D eigenvalue weighted by atomic mass is 10.2. The van der Waals surface area contributed by atoms with E-state index in [9.17, 15) is 0 Å². The Labute approximate surface area is 101 Å². The summed E-state index contributed by atoms with van der Waals surface area (Å²) < 4.78 is 10.7. The first-order valence-corrected chi connectivity index (χ1v) is 6.72. The molecule has 0 aromatic heterocycles. The van der Waals surface area contributed by atoms with Gasteiger partial charge in [-0.3, -0.25) is 0 Å². The Morgan fingerprint density at radius 3 is 2.31 bits per heavy atom. The van der Waals surface area contributed by atoms with E-state index in [2.05, 4.69) is 26.0 Å². The second kappa shape index (κ2) is 14.7. The molecule has 0 saturated heterocycles. The SMILES string of the molecule is CC/C=C\CCOCOCCCCCCC. The maximum Gasteiger partial charge on any atom is 0.146 e. The zero-order valence-corrected chi connectivity index (χ0v) is 11.0. The third kappa shape index (κ3) is 13.7. The lowest BCUT2D eigenvalue weighted by molar-refractivity contribution is -0.0531. The van der Waals surface area contributed by atoms with Gasteiger partial charge in [0, 0.05) is 6.61 Å². The van der Waals surface area contributed by atoms with Crippen LogP contribution in [-0.4, -0.2) is 20.0 Å². The smallest absolute Gasteiger partial charge is 0.146 e. The molecule has 0 fully saturated rings. The van der Waals surface area contributed by atoms with Gasteiger partial charge in [-0.2, -0.15) is 0 Å². The number of unbranched alkanes of at least 4 members (excludes halogenated alkanes) is 4. The molecule has 0 bridgehead atoms. The molecule has 0 aliphatic heterocycles. The highest BCUT2D eigenvalue weighted by molar-refractivity contribution is 4.79. The van der Waals surface area contributed by atoms with Gasteiger partial charge in [-0.05, 0) is 19.3 Å². The molecule has 0 aliphatic rings. The van der Waals surface area contributed by atoms with E-state index < -0.39 is 0 Å². The van der Waals surface area contributed by atoms with Crippen LogP contribution in [-0.2, 0) is 9.47 Å². The Morgan fingerprint density at radius 2 is 1.56 bits per heavy atom. The van der Waals surface area contributed by atoms with Crippen LogP contribution in [0.1, 0.15) is 58.8 Å². The first-order valence-electron chi connectivity index (χ1n) is 6.72. The minimum atomic E-state index is 0.452. The molecule has 0 radical (unpaired) electrons. The summed E-state index contributed by atoms with van der Waals surface area (Å²) in [6.07, 6.45) is 12.9. The monoisotopic (exact) mass is 228 g/mol. The maximum absolute atomic E-state index is 5.37. The molecule has 0 spiro atoms. The van der Waals surface area contributed by atoms with Crippen LogP contribution in [0.15, 0.2) is 12.2 Å². The molecule has 0 aromatic rings. The first-order chi connectivity index (χ1) is 7.91. The van der Waals surface area contributed by atoms with E-state index in [0.29, 0.717) is 6.79 Å². The lowest BCUT2D eigenvalue weighted by Crippen LogP contribution is -2.02. The molecular formula is C14H28O2. The fraction of sp³-hybridized carbons (Fsp3) is 0.857. The number of allylic oxidation sites excluding steroid dienone is 1. The van der Waals surface area contributed by atoms with Crippen molar-refractivity contribution in [2.24, 2.45) is 0 Å². The predicted octanol–water partition coefficient (Wildman–Crippen LogP) is 4.30. The van der Waals surface area contributed by atoms with Crippen molar-refractivity contribution in [2.75, 3.05) is 20.0 Å². The van der Waals surface area contributed by atoms with Crippen LogP contribution in [0.2, 0.25) is 0 Å². The molecule has 0 rings (SSSR count). The van der Waals surface area contributed by atoms with Crippen LogP contribution in [0.5, 0.6) is 0 Å². The van der Waals surface area contributed by atoms with Gasteiger partial charge in [0.1, 0.15) is 6.79 Å². The van der Waals surface area contributed by atoms with Crippen molar-refractivity contribution in [1.29, 1.82) is 0 Å². The maximum atomic E-state index is 5.37. The van der Waals surface area contributed by atoms with E-state index in [4.69, 9.17) is 9.47 Å². The third-order valence-corrected chi connectivity index (χ3v) is 2.39. The minimum absolute atomic E-state index is 0.452. The largest absolute Gasteiger partial charge is 0.355 e. The van der Waals surface area contributed by atoms with Gasteiger partial charge in [-0.1, -0.05) is 51.7 Å². The van der Waals surface area contributed by atoms with Crippen molar-refractivity contribution in [3.63, 3.8) is 0 Å². The van der Waals surface area contributed by atoms with Crippen molar-refractivity contribution >= 4 is 0 Å². The number of hydrogen-bond acceptors (Lipinski definition) is 2. The fourth-order valence-corrected chi connectivity index (χ4v) is 1.42. The second-order valence-corrected chi connectivity index (χ2v) is 4.02. The first kappa shape index (κ1) is 15.7. The fourth-order valence-electron chi connectivity index (χ4n) is 1.42. The van der Waals surface area contributed by atoms with E-state index in [1.807, 2.05) is 0 Å². The molecule has 0 unspecified atom stereocenters. The van der Waals surface area contributed by atoms with Crippen molar-refractivity contribution < 1.29 is 9.47 Å². The van der Waals surface area contributed by atoms with E-state index in [1.165, 1.54) is 32.1 Å². The summed E-state index contributed by atoms with van der Waals surface area (Å²) in [6, 6.07) is 0. The Morgan fingerprint density at radius 1 is 0.812 bits per heavy atom. The molecular weight excluding hydrogens is 200 g/mol. The van der Waals surface area contributed by atoms with Crippen LogP contribution in [0, 0.1) is 0 Å². The van der Waals surface area contributed by atoms with Gasteiger partial charge in [-0.25, -0.2) is 0 Å². The zero-order chi connectivity index (χ0) is 11.9. The molecule has 0 amide bonds. The van der Waals surface area contributed by atoms with Gasteiger partial charge in [0.2, 0.25) is 0 Å². The summed E-state index contributed by atoms with van der Waals surface area (Å²) in [5, 5.41) is 0. The van der Waals surface area contributed by atoms with Gasteiger partial charge in [0.05, 0.1) is 6.61 Å². The molecule has 2 nitrogen and oxygen atoms in total. The third-order valence-electron chi connectivity index (χ3n) is 2.39. The predicted molar refractivity (Wildman–Crippen MR) is 69.6 cm³/mol. The van der Waals surface area contributed by atoms with Crippen LogP contribution in [0.25, 0.3) is 0 Å². The van der Waals surface area contributed by atoms with Crippen LogP contribution >= 0.6 is 0 Å². The van der Waals surface area contributed by atoms with Crippen molar-refractivity contribution in [2.45, 2.75) is 58.8 Å². The van der Waals surface area contributed by atoms with Gasteiger partial charge in [-0.15, -0.1) is 0 Å². The summed E-state index contributed by atoms with van der Waals surface area (Å²) in [5.74, 6) is 0. The average molecular weight is 228 g/mol. The molecule has 0 aliphatic carbocycles. The van der Waals surface area contributed by atoms with Crippen LogP contribution in [0.4, 0.5) is 0 Å². The zero-order valence-electron chi connectivity index (χ0n) is 11.0. The van der Waals surface area contributed by atoms with E-state index in [0.717, 1.165) is 26.1 Å². The van der Waals surface area contributed by atoms with Gasteiger partial charge < -0.3 is 9.47 Å². The van der Waals surface area contributed by atoms with Gasteiger partial charge in [0.15, 0.2) is 0 Å². The standard InChI is InChI=1S/C14H28O2/c1-3-5-7-9-11-13-16-14-15-12-10-8-6-4-2/h6,8H,3-5,7,9-14H2,1-2H3/b8-6-. The quantitative estimate of drug-likeness (QED) is 0.281. The summed E-state index contributed by atoms with van der Waals surface area (Å²) in [7, 11) is 0. The molecule has 0 aromatic carbocycles. The Bertz CT molecular complexity index is 144. The normalized spacial score (nSPS) is 11.4. The highest BCUT2D eigenvalue weighted by Gasteiger charge is 1.90. The summed E-state index contributed by atoms with van der Waals surface area (Å²) >= 11 is 0. The molecule has 0 saturated carbocycles. The minimum Gasteiger partial charge on any atom is -0.355 e. The van der Waals surface area contributed by atoms with Crippen LogP contribution in [0.3, 0.4) is 0 Å². The van der Waals surface area contributed by atoms with Crippen molar-refractivity contribution in [1.82, 2.24) is 0 Å². The average Bonchev–Trinajstić information content (AvgIpc) is 2.31. The molecule has 0 atom stereocenters. The van der Waals surface area contributed by atoms with E-state index in [-0.39, 0.29) is 0 Å². The summed E-state index contributed by atoms with van der Waals surface area (Å²) in [6.45, 7) is 6.44. The summed E-state index contributed by atoms with van der Waals surface area (Å²) in [5.41, 5.74) is 0. The highest BCUT2D eigenvalue weighted by Crippen LogP contribution is 2.02. The van der Waals surface area contributed by atoms with Gasteiger partial charge in [0.25, 0.3) is 0 Å². The van der Waals surface area contributed by atoms with Crippen LogP contribution < -0.4 is 0 Å². The van der Waals surface area contributed by atoms with Crippen molar-refractivity contribution in [3.05, 3.63) is 12.2 Å². The molecule has 16 heavy (non-hydrogen) atoms. The second-order valence-electron chi connectivity index (χ2n) is 4.02. The Hall–Kier alpha value is -0.340. The Balaban J connectivity index is 2.90. The number of rotatable bonds is 12. The summed E-state index contributed by atoms with van der Waals surface area (Å²) in [4.78, 5) is 0. The molecule has 96 valence electrons. The van der Waals surface area contributed by atoms with E-state index in [1.54, 1.807) is 0 Å². The topological polar surface area (TPSA) is 18.5 Å². The van der Waals surface area contributed by atoms with Crippen molar-refractivity contribution in [3.8, 4) is 0 Å². The highest BCUT2D eigenvalue weighted by atomic mass is 16.7. The molecule has 2 heteroatoms. The molecule has 0 N–H and O–H groups in total. The Kier molecular flexibility index (Phi) is 14.3. The number of ether oxygens (including phenoxy) is 2. The van der Waals surface area contributed by atoms with Gasteiger partial charge >= 0.3 is 0 Å². The van der Waals surface area contributed by atoms with E-state index >= 15 is 0 Å². The number of hydrogen-bond donors (Lipinski definition) is 0.